The van der Waals surface area contributed by atoms with Gasteiger partial charge in [-0.3, -0.25) is 4.90 Å². The summed E-state index contributed by atoms with van der Waals surface area (Å²) in [5.74, 6) is 0. The number of hydrogen-bond acceptors (Lipinski definition) is 2. The number of halogens is 3. The lowest BCUT2D eigenvalue weighted by molar-refractivity contribution is -0.205. The molecule has 0 aromatic heterocycles. The van der Waals surface area contributed by atoms with Crippen molar-refractivity contribution in [2.24, 2.45) is 0 Å². The molecule has 2 unspecified atom stereocenters. The van der Waals surface area contributed by atoms with E-state index in [9.17, 15) is 13.2 Å². The summed E-state index contributed by atoms with van der Waals surface area (Å²) >= 11 is 0. The van der Waals surface area contributed by atoms with Crippen LogP contribution in [-0.2, 0) is 0 Å². The van der Waals surface area contributed by atoms with E-state index in [1.165, 1.54) is 0 Å². The topological polar surface area (TPSA) is 15.3 Å². The number of likely N-dealkylation sites (tertiary alicyclic amines) is 1. The smallest absolute Gasteiger partial charge is 0.314 e. The SMILES string of the molecule is CCNC1CCN(C2(C(F)(F)F)CC2)C(C)C1. The highest BCUT2D eigenvalue weighted by Gasteiger charge is 2.67. The second-order valence-corrected chi connectivity index (χ2v) is 5.35. The van der Waals surface area contributed by atoms with Gasteiger partial charge in [-0.1, -0.05) is 6.92 Å². The van der Waals surface area contributed by atoms with Crippen molar-refractivity contribution in [2.75, 3.05) is 13.1 Å². The van der Waals surface area contributed by atoms with Crippen molar-refractivity contribution < 1.29 is 13.2 Å². The van der Waals surface area contributed by atoms with E-state index in [1.54, 1.807) is 4.90 Å². The Morgan fingerprint density at radius 2 is 2.00 bits per heavy atom. The van der Waals surface area contributed by atoms with Gasteiger partial charge in [-0.05, 0) is 39.2 Å². The first-order valence-corrected chi connectivity index (χ1v) is 6.47. The fourth-order valence-electron chi connectivity index (χ4n) is 3.13. The predicted octanol–water partition coefficient (Wildman–Crippen LogP) is 2.54. The zero-order valence-electron chi connectivity index (χ0n) is 10.5. The summed E-state index contributed by atoms with van der Waals surface area (Å²) in [5, 5.41) is 3.34. The van der Waals surface area contributed by atoms with Gasteiger partial charge in [0, 0.05) is 18.6 Å². The molecular weight excluding hydrogens is 229 g/mol. The Bertz CT molecular complexity index is 273. The highest BCUT2D eigenvalue weighted by Crippen LogP contribution is 2.55. The van der Waals surface area contributed by atoms with Crippen molar-refractivity contribution in [3.63, 3.8) is 0 Å². The normalized spacial score (nSPS) is 33.7. The third kappa shape index (κ3) is 2.32. The Hall–Kier alpha value is -0.290. The van der Waals surface area contributed by atoms with Crippen LogP contribution in [0.5, 0.6) is 0 Å². The van der Waals surface area contributed by atoms with Crippen molar-refractivity contribution in [2.45, 2.75) is 63.3 Å². The van der Waals surface area contributed by atoms with E-state index in [2.05, 4.69) is 5.32 Å². The summed E-state index contributed by atoms with van der Waals surface area (Å²) in [4.78, 5) is 1.70. The molecule has 1 N–H and O–H groups in total. The lowest BCUT2D eigenvalue weighted by atomic mass is 9.95. The van der Waals surface area contributed by atoms with Crippen LogP contribution < -0.4 is 5.32 Å². The lowest BCUT2D eigenvalue weighted by Gasteiger charge is -2.43. The second kappa shape index (κ2) is 4.43. The molecule has 0 aromatic rings. The first-order valence-electron chi connectivity index (χ1n) is 6.47. The summed E-state index contributed by atoms with van der Waals surface area (Å²) in [6.45, 7) is 5.42. The van der Waals surface area contributed by atoms with Crippen LogP contribution in [0.25, 0.3) is 0 Å². The molecule has 1 aliphatic carbocycles. The van der Waals surface area contributed by atoms with Crippen LogP contribution in [-0.4, -0.2) is 41.8 Å². The van der Waals surface area contributed by atoms with Gasteiger partial charge >= 0.3 is 6.18 Å². The highest BCUT2D eigenvalue weighted by molar-refractivity contribution is 5.11. The number of nitrogens with one attached hydrogen (secondary N) is 1. The number of hydrogen-bond donors (Lipinski definition) is 1. The van der Waals surface area contributed by atoms with Crippen LogP contribution in [0.1, 0.15) is 39.5 Å². The van der Waals surface area contributed by atoms with Crippen molar-refractivity contribution in [3.05, 3.63) is 0 Å². The van der Waals surface area contributed by atoms with E-state index >= 15 is 0 Å². The quantitative estimate of drug-likeness (QED) is 0.828. The predicted molar refractivity (Wildman–Crippen MR) is 60.9 cm³/mol. The van der Waals surface area contributed by atoms with Crippen LogP contribution in [0, 0.1) is 0 Å². The molecule has 0 amide bonds. The van der Waals surface area contributed by atoms with Crippen molar-refractivity contribution in [1.29, 1.82) is 0 Å². The fourth-order valence-corrected chi connectivity index (χ4v) is 3.13. The van der Waals surface area contributed by atoms with Crippen LogP contribution in [0.15, 0.2) is 0 Å². The minimum atomic E-state index is -4.06. The summed E-state index contributed by atoms with van der Waals surface area (Å²) < 4.78 is 39.1. The zero-order valence-corrected chi connectivity index (χ0v) is 10.5. The average molecular weight is 250 g/mol. The molecule has 17 heavy (non-hydrogen) atoms. The molecule has 0 spiro atoms. The van der Waals surface area contributed by atoms with Gasteiger partial charge in [0.25, 0.3) is 0 Å². The molecule has 1 saturated carbocycles. The lowest BCUT2D eigenvalue weighted by Crippen LogP contribution is -2.57. The van der Waals surface area contributed by atoms with Gasteiger partial charge in [-0.25, -0.2) is 0 Å². The molecule has 2 atom stereocenters. The van der Waals surface area contributed by atoms with E-state index in [-0.39, 0.29) is 18.9 Å². The molecule has 100 valence electrons. The highest BCUT2D eigenvalue weighted by atomic mass is 19.4. The van der Waals surface area contributed by atoms with Crippen LogP contribution in [0.3, 0.4) is 0 Å². The summed E-state index contributed by atoms with van der Waals surface area (Å²) in [6, 6.07) is 0.409. The molecule has 1 aliphatic heterocycles. The Balaban J connectivity index is 2.00. The summed E-state index contributed by atoms with van der Waals surface area (Å²) in [5.41, 5.74) is -1.48. The van der Waals surface area contributed by atoms with E-state index in [0.29, 0.717) is 12.6 Å². The zero-order chi connectivity index (χ0) is 12.7. The van der Waals surface area contributed by atoms with Gasteiger partial charge in [0.2, 0.25) is 0 Å². The molecule has 0 aromatic carbocycles. The maximum atomic E-state index is 13.0. The largest absolute Gasteiger partial charge is 0.406 e. The van der Waals surface area contributed by atoms with E-state index < -0.39 is 11.7 Å². The second-order valence-electron chi connectivity index (χ2n) is 5.35. The average Bonchev–Trinajstić information content (AvgIpc) is 2.98. The number of alkyl halides is 3. The maximum Gasteiger partial charge on any atom is 0.406 e. The molecule has 2 aliphatic rings. The monoisotopic (exact) mass is 250 g/mol. The van der Waals surface area contributed by atoms with E-state index in [0.717, 1.165) is 19.4 Å². The molecule has 2 rings (SSSR count). The van der Waals surface area contributed by atoms with Gasteiger partial charge in [0.05, 0.1) is 0 Å². The molecule has 1 heterocycles. The minimum Gasteiger partial charge on any atom is -0.314 e. The third-order valence-corrected chi connectivity index (χ3v) is 4.17. The number of nitrogens with zero attached hydrogens (tertiary/aromatic N) is 1. The van der Waals surface area contributed by atoms with Gasteiger partial charge in [-0.2, -0.15) is 13.2 Å². The van der Waals surface area contributed by atoms with Gasteiger partial charge in [0.15, 0.2) is 0 Å². The van der Waals surface area contributed by atoms with Crippen LogP contribution >= 0.6 is 0 Å². The molecular formula is C12H21F3N2. The minimum absolute atomic E-state index is 0.0249. The van der Waals surface area contributed by atoms with Crippen molar-refractivity contribution >= 4 is 0 Å². The van der Waals surface area contributed by atoms with Gasteiger partial charge in [0.1, 0.15) is 5.54 Å². The Kier molecular flexibility index (Phi) is 3.42. The van der Waals surface area contributed by atoms with E-state index in [1.807, 2.05) is 13.8 Å². The molecule has 1 saturated heterocycles. The van der Waals surface area contributed by atoms with Crippen LogP contribution in [0.2, 0.25) is 0 Å². The van der Waals surface area contributed by atoms with Crippen molar-refractivity contribution in [3.8, 4) is 0 Å². The maximum absolute atomic E-state index is 13.0. The van der Waals surface area contributed by atoms with Gasteiger partial charge in [-0.15, -0.1) is 0 Å². The molecule has 5 heteroatoms. The molecule has 2 fully saturated rings. The van der Waals surface area contributed by atoms with Crippen molar-refractivity contribution in [1.82, 2.24) is 10.2 Å². The molecule has 2 nitrogen and oxygen atoms in total. The molecule has 0 radical (unpaired) electrons. The number of piperidine rings is 1. The summed E-state index contributed by atoms with van der Waals surface area (Å²) in [6.07, 6.45) is -1.84. The number of rotatable bonds is 3. The standard InChI is InChI=1S/C12H21F3N2/c1-3-16-10-4-7-17(9(2)8-10)11(5-6-11)12(13,14)15/h9-10,16H,3-8H2,1-2H3. The van der Waals surface area contributed by atoms with Gasteiger partial charge < -0.3 is 5.32 Å². The molecule has 0 bridgehead atoms. The first kappa shape index (κ1) is 13.1. The third-order valence-electron chi connectivity index (χ3n) is 4.17. The first-order chi connectivity index (χ1) is 7.90. The van der Waals surface area contributed by atoms with E-state index in [4.69, 9.17) is 0 Å². The Morgan fingerprint density at radius 1 is 1.35 bits per heavy atom. The summed E-state index contributed by atoms with van der Waals surface area (Å²) in [7, 11) is 0. The van der Waals surface area contributed by atoms with Crippen LogP contribution in [0.4, 0.5) is 13.2 Å². The Morgan fingerprint density at radius 3 is 2.41 bits per heavy atom. The fraction of sp³-hybridized carbons (Fsp3) is 1.00. The Labute approximate surface area is 101 Å².